The molecule has 0 aromatic heterocycles. The van der Waals surface area contributed by atoms with Crippen LogP contribution in [0.4, 0.5) is 0 Å². The predicted molar refractivity (Wildman–Crippen MR) is 82.6 cm³/mol. The molecule has 0 unspecified atom stereocenters. The fourth-order valence-electron chi connectivity index (χ4n) is 3.55. The molecule has 3 nitrogen and oxygen atoms in total. The van der Waals surface area contributed by atoms with Gasteiger partial charge in [0.1, 0.15) is 0 Å². The Bertz CT molecular complexity index is 263. The van der Waals surface area contributed by atoms with E-state index in [-0.39, 0.29) is 0 Å². The van der Waals surface area contributed by atoms with Gasteiger partial charge in [-0.15, -0.1) is 0 Å². The van der Waals surface area contributed by atoms with E-state index in [1.807, 2.05) is 0 Å². The van der Waals surface area contributed by atoms with Gasteiger partial charge in [0.25, 0.3) is 0 Å². The van der Waals surface area contributed by atoms with Gasteiger partial charge in [-0.1, -0.05) is 0 Å². The molecule has 19 heavy (non-hydrogen) atoms. The minimum atomic E-state index is 0.720. The molecule has 0 radical (unpaired) electrons. The summed E-state index contributed by atoms with van der Waals surface area (Å²) in [5.41, 5.74) is 0. The molecule has 2 aliphatic rings. The maximum absolute atomic E-state index is 2.64. The Morgan fingerprint density at radius 3 is 1.95 bits per heavy atom. The number of hydrogen-bond acceptors (Lipinski definition) is 3. The lowest BCUT2D eigenvalue weighted by atomic mass is 9.95. The van der Waals surface area contributed by atoms with Gasteiger partial charge in [-0.25, -0.2) is 0 Å². The number of likely N-dealkylation sites (tertiary alicyclic amines) is 2. The minimum Gasteiger partial charge on any atom is -0.303 e. The Morgan fingerprint density at radius 2 is 1.47 bits per heavy atom. The number of hydrogen-bond donors (Lipinski definition) is 0. The van der Waals surface area contributed by atoms with E-state index >= 15 is 0 Å². The molecule has 0 aromatic rings. The van der Waals surface area contributed by atoms with Crippen molar-refractivity contribution in [1.82, 2.24) is 14.7 Å². The Hall–Kier alpha value is -0.120. The van der Waals surface area contributed by atoms with Crippen LogP contribution in [0.1, 0.15) is 40.5 Å². The highest BCUT2D eigenvalue weighted by molar-refractivity contribution is 4.86. The fraction of sp³-hybridized carbons (Fsp3) is 1.00. The van der Waals surface area contributed by atoms with E-state index in [1.165, 1.54) is 45.6 Å². The van der Waals surface area contributed by atoms with Gasteiger partial charge >= 0.3 is 0 Å². The van der Waals surface area contributed by atoms with Crippen LogP contribution >= 0.6 is 0 Å². The maximum atomic E-state index is 2.64. The van der Waals surface area contributed by atoms with Gasteiger partial charge in [0, 0.05) is 37.8 Å². The normalized spacial score (nSPS) is 24.6. The van der Waals surface area contributed by atoms with Crippen LogP contribution in [0.5, 0.6) is 0 Å². The Kier molecular flexibility index (Phi) is 5.27. The van der Waals surface area contributed by atoms with E-state index in [0.29, 0.717) is 0 Å². The number of nitrogens with zero attached hydrogens (tertiary/aromatic N) is 3. The summed E-state index contributed by atoms with van der Waals surface area (Å²) >= 11 is 0. The largest absolute Gasteiger partial charge is 0.303 e. The quantitative estimate of drug-likeness (QED) is 0.755. The molecular formula is C16H33N3. The van der Waals surface area contributed by atoms with Crippen molar-refractivity contribution in [1.29, 1.82) is 0 Å². The standard InChI is InChI=1S/C16H33N3/c1-13(2)18-8-6-16(7-9-18)17(5)10-15-11-19(12-15)14(3)4/h13-16H,6-12H2,1-5H3. The van der Waals surface area contributed by atoms with Gasteiger partial charge in [-0.2, -0.15) is 0 Å². The van der Waals surface area contributed by atoms with Gasteiger partial charge in [-0.3, -0.25) is 0 Å². The van der Waals surface area contributed by atoms with Gasteiger partial charge in [0.15, 0.2) is 0 Å². The molecule has 112 valence electrons. The van der Waals surface area contributed by atoms with Crippen LogP contribution in [-0.4, -0.2) is 72.6 Å². The van der Waals surface area contributed by atoms with Crippen LogP contribution in [0, 0.1) is 5.92 Å². The molecule has 0 spiro atoms. The van der Waals surface area contributed by atoms with Crippen LogP contribution < -0.4 is 0 Å². The van der Waals surface area contributed by atoms with Crippen LogP contribution in [0.25, 0.3) is 0 Å². The highest BCUT2D eigenvalue weighted by Gasteiger charge is 2.31. The van der Waals surface area contributed by atoms with Crippen LogP contribution in [0.2, 0.25) is 0 Å². The third-order valence-corrected chi connectivity index (χ3v) is 5.11. The number of piperidine rings is 1. The molecule has 2 heterocycles. The second-order valence-electron chi connectivity index (χ2n) is 7.21. The zero-order valence-electron chi connectivity index (χ0n) is 13.6. The van der Waals surface area contributed by atoms with Crippen LogP contribution in [0.3, 0.4) is 0 Å². The third-order valence-electron chi connectivity index (χ3n) is 5.11. The number of rotatable bonds is 5. The first kappa shape index (κ1) is 15.3. The van der Waals surface area contributed by atoms with E-state index in [2.05, 4.69) is 49.4 Å². The van der Waals surface area contributed by atoms with Crippen molar-refractivity contribution in [2.24, 2.45) is 5.92 Å². The summed E-state index contributed by atoms with van der Waals surface area (Å²) in [7, 11) is 2.34. The van der Waals surface area contributed by atoms with E-state index in [1.54, 1.807) is 0 Å². The lowest BCUT2D eigenvalue weighted by molar-refractivity contribution is 0.0271. The zero-order chi connectivity index (χ0) is 14.0. The van der Waals surface area contributed by atoms with E-state index in [0.717, 1.165) is 24.0 Å². The molecule has 0 aromatic carbocycles. The molecule has 3 heteroatoms. The summed E-state index contributed by atoms with van der Waals surface area (Å²) in [4.78, 5) is 7.84. The van der Waals surface area contributed by atoms with Crippen LogP contribution in [0.15, 0.2) is 0 Å². The SMILES string of the molecule is CC(C)N1CCC(N(C)CC2CN(C(C)C)C2)CC1. The topological polar surface area (TPSA) is 9.72 Å². The molecule has 0 N–H and O–H groups in total. The van der Waals surface area contributed by atoms with Crippen molar-refractivity contribution in [2.45, 2.75) is 58.7 Å². The lowest BCUT2D eigenvalue weighted by Gasteiger charge is -2.46. The van der Waals surface area contributed by atoms with Gasteiger partial charge in [-0.05, 0) is 66.6 Å². The van der Waals surface area contributed by atoms with Crippen molar-refractivity contribution < 1.29 is 0 Å². The molecule has 0 amide bonds. The van der Waals surface area contributed by atoms with Gasteiger partial charge in [0.05, 0.1) is 0 Å². The molecular weight excluding hydrogens is 234 g/mol. The average molecular weight is 267 g/mol. The molecule has 2 aliphatic heterocycles. The average Bonchev–Trinajstić information content (AvgIpc) is 2.32. The Labute approximate surface area is 119 Å². The monoisotopic (exact) mass is 267 g/mol. The first-order chi connectivity index (χ1) is 8.97. The molecule has 2 saturated heterocycles. The fourth-order valence-corrected chi connectivity index (χ4v) is 3.55. The maximum Gasteiger partial charge on any atom is 0.0117 e. The van der Waals surface area contributed by atoms with Gasteiger partial charge < -0.3 is 14.7 Å². The lowest BCUT2D eigenvalue weighted by Crippen LogP contribution is -2.55. The van der Waals surface area contributed by atoms with E-state index < -0.39 is 0 Å². The molecule has 2 rings (SSSR count). The van der Waals surface area contributed by atoms with Crippen molar-refractivity contribution in [3.05, 3.63) is 0 Å². The summed E-state index contributed by atoms with van der Waals surface area (Å²) in [6.45, 7) is 15.8. The summed E-state index contributed by atoms with van der Waals surface area (Å²) in [5, 5.41) is 0. The van der Waals surface area contributed by atoms with E-state index in [9.17, 15) is 0 Å². The first-order valence-corrected chi connectivity index (χ1v) is 8.15. The summed E-state index contributed by atoms with van der Waals surface area (Å²) in [6, 6.07) is 2.27. The van der Waals surface area contributed by atoms with E-state index in [4.69, 9.17) is 0 Å². The smallest absolute Gasteiger partial charge is 0.0117 e. The molecule has 0 atom stereocenters. The molecule has 0 bridgehead atoms. The molecule has 0 saturated carbocycles. The van der Waals surface area contributed by atoms with Crippen molar-refractivity contribution in [2.75, 3.05) is 39.8 Å². The van der Waals surface area contributed by atoms with Crippen molar-refractivity contribution in [3.8, 4) is 0 Å². The Balaban J connectivity index is 1.66. The second kappa shape index (κ2) is 6.55. The second-order valence-corrected chi connectivity index (χ2v) is 7.21. The molecule has 0 aliphatic carbocycles. The molecule has 2 fully saturated rings. The van der Waals surface area contributed by atoms with Crippen molar-refractivity contribution >= 4 is 0 Å². The summed E-state index contributed by atoms with van der Waals surface area (Å²) in [6.07, 6.45) is 2.71. The Morgan fingerprint density at radius 1 is 0.947 bits per heavy atom. The first-order valence-electron chi connectivity index (χ1n) is 8.15. The highest BCUT2D eigenvalue weighted by Crippen LogP contribution is 2.22. The third kappa shape index (κ3) is 3.93. The van der Waals surface area contributed by atoms with Gasteiger partial charge in [0.2, 0.25) is 0 Å². The zero-order valence-corrected chi connectivity index (χ0v) is 13.6. The van der Waals surface area contributed by atoms with Crippen LogP contribution in [-0.2, 0) is 0 Å². The minimum absolute atomic E-state index is 0.720. The highest BCUT2D eigenvalue weighted by atomic mass is 15.2. The predicted octanol–water partition coefficient (Wildman–Crippen LogP) is 2.13. The summed E-state index contributed by atoms with van der Waals surface area (Å²) in [5.74, 6) is 0.913. The van der Waals surface area contributed by atoms with Crippen molar-refractivity contribution in [3.63, 3.8) is 0 Å². The summed E-state index contributed by atoms with van der Waals surface area (Å²) < 4.78 is 0.